The highest BCUT2D eigenvalue weighted by atomic mass is 32.2. The number of carboxylic acids is 2. The molecule has 2 aromatic rings. The highest BCUT2D eigenvalue weighted by molar-refractivity contribution is 7.98. The summed E-state index contributed by atoms with van der Waals surface area (Å²) in [5, 5.41) is 40.1. The molecule has 1 aliphatic heterocycles. The van der Waals surface area contributed by atoms with Gasteiger partial charge in [-0.2, -0.15) is 11.8 Å². The quantitative estimate of drug-likeness (QED) is 0.105. The number of nitrogen functional groups attached to an aromatic ring is 1. The molecule has 1 saturated heterocycles. The lowest BCUT2D eigenvalue weighted by Gasteiger charge is -2.20. The number of aliphatic carboxylic acids is 2. The Morgan fingerprint density at radius 3 is 2.47 bits per heavy atom. The van der Waals surface area contributed by atoms with Crippen molar-refractivity contribution in [1.82, 2.24) is 30.4 Å². The van der Waals surface area contributed by atoms with Gasteiger partial charge in [-0.15, -0.1) is 0 Å². The van der Waals surface area contributed by atoms with Crippen molar-refractivity contribution in [2.75, 3.05) is 35.5 Å². The third-order valence-corrected chi connectivity index (χ3v) is 8.31. The minimum Gasteiger partial charge on any atom is -0.480 e. The molecular weight excluding hydrogens is 514 g/mol. The fraction of sp³-hybridized carbons (Fsp3) is 0.650. The highest BCUT2D eigenvalue weighted by Gasteiger charge is 2.46. The minimum absolute atomic E-state index is 0.188. The molecule has 0 saturated carbocycles. The first-order valence-electron chi connectivity index (χ1n) is 11.1. The van der Waals surface area contributed by atoms with Crippen LogP contribution in [0.5, 0.6) is 0 Å². The fourth-order valence-electron chi connectivity index (χ4n) is 3.79. The van der Waals surface area contributed by atoms with Crippen LogP contribution in [0.4, 0.5) is 5.82 Å². The van der Waals surface area contributed by atoms with Gasteiger partial charge in [0.25, 0.3) is 0 Å². The van der Waals surface area contributed by atoms with Crippen molar-refractivity contribution < 1.29 is 34.8 Å². The molecule has 7 atom stereocenters. The van der Waals surface area contributed by atoms with E-state index in [0.29, 0.717) is 34.8 Å². The molecule has 1 aliphatic rings. The summed E-state index contributed by atoms with van der Waals surface area (Å²) in [6.07, 6.45) is 3.05. The summed E-state index contributed by atoms with van der Waals surface area (Å²) in [5.41, 5.74) is 11.8. The maximum absolute atomic E-state index is 11.7. The van der Waals surface area contributed by atoms with Crippen molar-refractivity contribution >= 4 is 51.6 Å². The predicted octanol–water partition coefficient (Wildman–Crippen LogP) is -1.58. The van der Waals surface area contributed by atoms with E-state index in [2.05, 4.69) is 25.8 Å². The van der Waals surface area contributed by atoms with E-state index in [1.165, 1.54) is 29.0 Å². The Labute approximate surface area is 214 Å². The molecule has 2 aromatic heterocycles. The smallest absolute Gasteiger partial charge is 0.322 e. The Balaban J connectivity index is 1.55. The number of hydrazine groups is 1. The number of hydrogen-bond acceptors (Lipinski definition) is 12. The number of nitrogens with zero attached hydrogens (tertiary/aromatic N) is 4. The van der Waals surface area contributed by atoms with Crippen LogP contribution in [-0.4, -0.2) is 112 Å². The number of anilines is 1. The molecule has 16 heteroatoms. The summed E-state index contributed by atoms with van der Waals surface area (Å²) in [6, 6.07) is -1.90. The van der Waals surface area contributed by atoms with Gasteiger partial charge in [-0.3, -0.25) is 14.2 Å². The zero-order valence-corrected chi connectivity index (χ0v) is 21.5. The van der Waals surface area contributed by atoms with Crippen LogP contribution in [0, 0.1) is 0 Å². The molecule has 0 aliphatic carbocycles. The second kappa shape index (κ2) is 12.8. The molecule has 3 heterocycles. The summed E-state index contributed by atoms with van der Waals surface area (Å²) < 4.78 is 7.46. The number of carboxylic acid groups (broad SMARTS) is 2. The van der Waals surface area contributed by atoms with E-state index >= 15 is 0 Å². The third kappa shape index (κ3) is 6.76. The van der Waals surface area contributed by atoms with Gasteiger partial charge in [-0.1, -0.05) is 0 Å². The molecule has 36 heavy (non-hydrogen) atoms. The van der Waals surface area contributed by atoms with Gasteiger partial charge in [0.05, 0.1) is 12.6 Å². The van der Waals surface area contributed by atoms with Crippen LogP contribution in [0.1, 0.15) is 19.1 Å². The van der Waals surface area contributed by atoms with Crippen LogP contribution in [0.25, 0.3) is 11.2 Å². The number of fused-ring (bicyclic) bond motifs is 1. The first-order valence-corrected chi connectivity index (χ1v) is 14.5. The topological polar surface area (TPSA) is 218 Å². The van der Waals surface area contributed by atoms with E-state index in [4.69, 9.17) is 10.5 Å². The third-order valence-electron chi connectivity index (χ3n) is 5.84. The average Bonchev–Trinajstić information content (AvgIpc) is 3.37. The van der Waals surface area contributed by atoms with E-state index in [1.54, 1.807) is 0 Å². The van der Waals surface area contributed by atoms with E-state index in [1.807, 2.05) is 12.5 Å². The molecule has 14 nitrogen and oxygen atoms in total. The lowest BCUT2D eigenvalue weighted by Crippen LogP contribution is -2.53. The van der Waals surface area contributed by atoms with Crippen LogP contribution in [0.3, 0.4) is 0 Å². The first kappa shape index (κ1) is 28.4. The molecular formula is C20H32N7O7S2+. The number of hydrogen-bond donors (Lipinski definition) is 7. The Hall–Kier alpha value is -2.21. The molecule has 1 fully saturated rings. The second-order valence-corrected chi connectivity index (χ2v) is 11.7. The Bertz CT molecular complexity index is 1050. The summed E-state index contributed by atoms with van der Waals surface area (Å²) in [4.78, 5) is 35.2. The number of aliphatic hydroxyl groups excluding tert-OH is 2. The van der Waals surface area contributed by atoms with Crippen molar-refractivity contribution in [3.05, 3.63) is 12.7 Å². The van der Waals surface area contributed by atoms with Crippen molar-refractivity contribution in [1.29, 1.82) is 0 Å². The number of ether oxygens (including phenoxy) is 1. The van der Waals surface area contributed by atoms with Gasteiger partial charge in [0.15, 0.2) is 17.7 Å². The number of aliphatic hydroxyl groups is 2. The number of thioether (sulfide) groups is 1. The largest absolute Gasteiger partial charge is 0.480 e. The van der Waals surface area contributed by atoms with Crippen molar-refractivity contribution in [2.45, 2.75) is 49.5 Å². The molecule has 1 unspecified atom stereocenters. The van der Waals surface area contributed by atoms with Crippen LogP contribution >= 0.6 is 11.8 Å². The molecule has 0 spiro atoms. The van der Waals surface area contributed by atoms with Gasteiger partial charge < -0.3 is 30.9 Å². The summed E-state index contributed by atoms with van der Waals surface area (Å²) >= 11 is 1.50. The Morgan fingerprint density at radius 2 is 1.83 bits per heavy atom. The van der Waals surface area contributed by atoms with E-state index < -0.39 is 48.6 Å². The van der Waals surface area contributed by atoms with Crippen LogP contribution in [-0.2, 0) is 25.2 Å². The number of carbonyl (C=O) groups is 2. The molecule has 0 radical (unpaired) electrons. The van der Waals surface area contributed by atoms with Crippen LogP contribution < -0.4 is 16.6 Å². The number of aromatic nitrogens is 4. The van der Waals surface area contributed by atoms with Crippen LogP contribution in [0.15, 0.2) is 12.7 Å². The molecule has 3 rings (SSSR count). The van der Waals surface area contributed by atoms with Crippen molar-refractivity contribution in [3.63, 3.8) is 0 Å². The Morgan fingerprint density at radius 1 is 1.17 bits per heavy atom. The molecule has 0 amide bonds. The molecule has 200 valence electrons. The SMILES string of the molecule is CSCC[C@H](NN[C@@H](CC[S+](C)C[C@H]1O[C@@H](n2cnc3c(N)ncnc32)[C@H](O)[C@@H]1O)C(=O)O)C(=O)O. The molecule has 0 aromatic carbocycles. The highest BCUT2D eigenvalue weighted by Crippen LogP contribution is 2.32. The van der Waals surface area contributed by atoms with Gasteiger partial charge in [-0.05, 0) is 29.3 Å². The summed E-state index contributed by atoms with van der Waals surface area (Å²) in [5.74, 6) is -0.476. The maximum atomic E-state index is 11.7. The predicted molar refractivity (Wildman–Crippen MR) is 135 cm³/mol. The molecule has 8 N–H and O–H groups in total. The lowest BCUT2D eigenvalue weighted by molar-refractivity contribution is -0.143. The minimum atomic E-state index is -1.23. The van der Waals surface area contributed by atoms with E-state index in [0.717, 1.165) is 0 Å². The lowest BCUT2D eigenvalue weighted by atomic mass is 10.1. The van der Waals surface area contributed by atoms with E-state index in [-0.39, 0.29) is 23.1 Å². The van der Waals surface area contributed by atoms with Crippen molar-refractivity contribution in [3.8, 4) is 0 Å². The Kier molecular flexibility index (Phi) is 10.1. The first-order chi connectivity index (χ1) is 17.1. The monoisotopic (exact) mass is 546 g/mol. The molecule has 0 bridgehead atoms. The zero-order chi connectivity index (χ0) is 26.4. The van der Waals surface area contributed by atoms with Crippen LogP contribution in [0.2, 0.25) is 0 Å². The number of nitrogens with one attached hydrogen (secondary N) is 2. The standard InChI is InChI=1S/C20H31N7O7S2/c1-35-5-3-10(19(30)31)25-26-11(20(32)33)4-6-36(2)7-12-14(28)15(29)18(34-12)27-9-24-13-16(21)22-8-23-17(13)27/h8-12,14-15,18,25-26,28-29H,3-7H2,1-2H3,(H3-,21,22,23,30,31,32,33)/p+1/t10-,11-,12+,14+,15+,18+,36?/m0/s1. The number of nitrogens with two attached hydrogens (primary N) is 1. The fourth-order valence-corrected chi connectivity index (χ4v) is 5.90. The average molecular weight is 547 g/mol. The second-order valence-electron chi connectivity index (χ2n) is 8.42. The maximum Gasteiger partial charge on any atom is 0.322 e. The van der Waals surface area contributed by atoms with Gasteiger partial charge in [0.2, 0.25) is 0 Å². The number of rotatable bonds is 14. The van der Waals surface area contributed by atoms with Gasteiger partial charge in [0.1, 0.15) is 53.7 Å². The van der Waals surface area contributed by atoms with E-state index in [9.17, 15) is 30.0 Å². The van der Waals surface area contributed by atoms with Gasteiger partial charge in [-0.25, -0.2) is 25.8 Å². The normalized spacial score (nSPS) is 24.6. The summed E-state index contributed by atoms with van der Waals surface area (Å²) in [6.45, 7) is 0. The zero-order valence-electron chi connectivity index (χ0n) is 19.9. The van der Waals surface area contributed by atoms with Gasteiger partial charge in [0, 0.05) is 6.42 Å². The summed E-state index contributed by atoms with van der Waals surface area (Å²) in [7, 11) is -0.370. The van der Waals surface area contributed by atoms with Gasteiger partial charge >= 0.3 is 11.9 Å². The number of imidazole rings is 1. The van der Waals surface area contributed by atoms with Crippen molar-refractivity contribution in [2.24, 2.45) is 0 Å².